The molecule has 15 heteroatoms. The molecule has 1 fully saturated rings. The molecule has 7 unspecified atom stereocenters. The molecule has 14 nitrogen and oxygen atoms in total. The smallest absolute Gasteiger partial charge is 0.248 e. The number of amides is 5. The van der Waals surface area contributed by atoms with Gasteiger partial charge in [0.1, 0.15) is 30.0 Å². The molecular formula is C41H69FN6O8. The van der Waals surface area contributed by atoms with Crippen LogP contribution in [0.5, 0.6) is 5.75 Å². The third-order valence-corrected chi connectivity index (χ3v) is 10.6. The van der Waals surface area contributed by atoms with Gasteiger partial charge in [-0.15, -0.1) is 0 Å². The first-order valence-corrected chi connectivity index (χ1v) is 20.6. The molecule has 1 heterocycles. The molecule has 318 valence electrons. The number of halogens is 1. The van der Waals surface area contributed by atoms with Crippen LogP contribution >= 0.6 is 0 Å². The number of carbonyl (C=O) groups is 5. The number of unbranched alkanes of at least 4 members (excludes halogenated alkanes) is 5. The summed E-state index contributed by atoms with van der Waals surface area (Å²) in [7, 11) is 0. The Labute approximate surface area is 332 Å². The van der Waals surface area contributed by atoms with E-state index < -0.39 is 60.3 Å². The minimum absolute atomic E-state index is 0.00867. The first kappa shape index (κ1) is 48.3. The lowest BCUT2D eigenvalue weighted by Gasteiger charge is -2.31. The molecule has 1 aliphatic rings. The number of carbonyl (C=O) groups excluding carboxylic acids is 5. The van der Waals surface area contributed by atoms with E-state index in [0.29, 0.717) is 12.8 Å². The quantitative estimate of drug-likeness (QED) is 0.0484. The van der Waals surface area contributed by atoms with Gasteiger partial charge in [-0.1, -0.05) is 77.8 Å². The Hall–Kier alpha value is -3.82. The van der Waals surface area contributed by atoms with E-state index in [1.54, 1.807) is 12.1 Å². The van der Waals surface area contributed by atoms with E-state index in [1.807, 2.05) is 0 Å². The summed E-state index contributed by atoms with van der Waals surface area (Å²) in [5, 5.41) is 39.8. The van der Waals surface area contributed by atoms with Crippen LogP contribution in [0, 0.1) is 11.8 Å². The number of aromatic hydroxyl groups is 1. The molecule has 0 aromatic heterocycles. The fourth-order valence-corrected chi connectivity index (χ4v) is 6.98. The molecule has 1 aliphatic heterocycles. The van der Waals surface area contributed by atoms with Crippen LogP contribution in [0.4, 0.5) is 4.39 Å². The van der Waals surface area contributed by atoms with Crippen LogP contribution in [0.15, 0.2) is 24.3 Å². The maximum absolute atomic E-state index is 14.6. The molecule has 8 atom stereocenters. The van der Waals surface area contributed by atoms with Crippen molar-refractivity contribution in [2.45, 2.75) is 161 Å². The highest BCUT2D eigenvalue weighted by molar-refractivity contribution is 5.95. The van der Waals surface area contributed by atoms with Gasteiger partial charge in [0, 0.05) is 13.0 Å². The highest BCUT2D eigenvalue weighted by atomic mass is 19.1. The molecule has 0 saturated carbocycles. The first-order valence-electron chi connectivity index (χ1n) is 20.6. The van der Waals surface area contributed by atoms with Gasteiger partial charge in [-0.3, -0.25) is 24.0 Å². The second-order valence-corrected chi connectivity index (χ2v) is 15.6. The Bertz CT molecular complexity index is 1350. The van der Waals surface area contributed by atoms with Crippen LogP contribution in [0.2, 0.25) is 0 Å². The van der Waals surface area contributed by atoms with Crippen molar-refractivity contribution in [1.82, 2.24) is 26.2 Å². The number of hydrogen-bond donors (Lipinski definition) is 8. The number of phenolic OH excluding ortho intramolecular Hbond substituents is 1. The molecule has 56 heavy (non-hydrogen) atoms. The Kier molecular flexibility index (Phi) is 22.6. The van der Waals surface area contributed by atoms with Crippen molar-refractivity contribution in [2.24, 2.45) is 17.6 Å². The van der Waals surface area contributed by atoms with Crippen molar-refractivity contribution in [3.63, 3.8) is 0 Å². The number of rotatable bonds is 27. The Morgan fingerprint density at radius 2 is 1.54 bits per heavy atom. The topological polar surface area (TPSA) is 223 Å². The zero-order chi connectivity index (χ0) is 41.6. The molecule has 1 aromatic rings. The van der Waals surface area contributed by atoms with E-state index >= 15 is 0 Å². The summed E-state index contributed by atoms with van der Waals surface area (Å²) in [5.74, 6) is -1.67. The number of aliphatic hydroxyl groups is 2. The van der Waals surface area contributed by atoms with E-state index in [2.05, 4.69) is 42.0 Å². The normalized spacial score (nSPS) is 17.9. The number of aliphatic hydroxyl groups excluding tert-OH is 2. The number of nitrogens with zero attached hydrogens (tertiary/aromatic N) is 1. The van der Waals surface area contributed by atoms with E-state index in [4.69, 9.17) is 5.73 Å². The first-order chi connectivity index (χ1) is 26.7. The molecule has 0 aliphatic carbocycles. The Morgan fingerprint density at radius 1 is 0.875 bits per heavy atom. The largest absolute Gasteiger partial charge is 0.508 e. The van der Waals surface area contributed by atoms with Crippen LogP contribution in [-0.2, 0) is 30.4 Å². The molecule has 1 saturated heterocycles. The van der Waals surface area contributed by atoms with Gasteiger partial charge < -0.3 is 47.2 Å². The number of benzene rings is 1. The predicted molar refractivity (Wildman–Crippen MR) is 213 cm³/mol. The highest BCUT2D eigenvalue weighted by Crippen LogP contribution is 2.22. The molecule has 1 aromatic carbocycles. The SMILES string of the molecule is CCC(C)CC(C)CCCCCCCCC(=O)NCC(=O)NC(C(=O)N1CCCC1C(=O)NC(CCc1ccc(O)cc1)C(=O)NC(F)C(O)CCN)[C@@H](C)O. The molecule has 0 bridgehead atoms. The van der Waals surface area contributed by atoms with Gasteiger partial charge in [0.05, 0.1) is 12.6 Å². The lowest BCUT2D eigenvalue weighted by Crippen LogP contribution is -2.59. The fourth-order valence-electron chi connectivity index (χ4n) is 6.98. The van der Waals surface area contributed by atoms with E-state index in [-0.39, 0.29) is 63.4 Å². The molecule has 9 N–H and O–H groups in total. The predicted octanol–water partition coefficient (Wildman–Crippen LogP) is 3.10. The lowest BCUT2D eigenvalue weighted by atomic mass is 9.91. The fraction of sp³-hybridized carbons (Fsp3) is 0.732. The van der Waals surface area contributed by atoms with E-state index in [1.165, 1.54) is 56.1 Å². The summed E-state index contributed by atoms with van der Waals surface area (Å²) in [4.78, 5) is 66.9. The number of nitrogens with two attached hydrogens (primary N) is 1. The van der Waals surface area contributed by atoms with Gasteiger partial charge in [-0.25, -0.2) is 4.39 Å². The number of phenols is 1. The number of nitrogens with one attached hydrogen (secondary N) is 4. The van der Waals surface area contributed by atoms with Crippen LogP contribution in [0.25, 0.3) is 0 Å². The summed E-state index contributed by atoms with van der Waals surface area (Å²) in [6.45, 7) is 7.95. The number of likely N-dealkylation sites (tertiary alicyclic amines) is 1. The van der Waals surface area contributed by atoms with E-state index in [9.17, 15) is 43.7 Å². The van der Waals surface area contributed by atoms with Gasteiger partial charge in [0.15, 0.2) is 6.30 Å². The average molecular weight is 793 g/mol. The maximum atomic E-state index is 14.6. The molecular weight excluding hydrogens is 723 g/mol. The van der Waals surface area contributed by atoms with Crippen LogP contribution in [-0.4, -0.2) is 106 Å². The standard InChI is InChI=1S/C41H69FN6O8/c1-5-27(2)25-28(3)13-10-8-6-7-9-11-15-35(52)44-26-36(53)46-37(29(4)49)41(56)48-24-12-14-33(48)40(55)45-32(21-18-30-16-19-31(50)20-17-30)39(54)47-38(42)34(51)22-23-43/h16-17,19-20,27-29,32-34,37-38,49-51H,5-15,18,21-26,43H2,1-4H3,(H,44,52)(H,45,55)(H,46,53)(H,47,54)/t27?,28?,29-,32?,33?,34?,37?,38?/m1/s1. The van der Waals surface area contributed by atoms with Crippen LogP contribution in [0.1, 0.15) is 123 Å². The van der Waals surface area contributed by atoms with Crippen LogP contribution in [0.3, 0.4) is 0 Å². The number of hydrogen-bond acceptors (Lipinski definition) is 9. The monoisotopic (exact) mass is 793 g/mol. The zero-order valence-corrected chi connectivity index (χ0v) is 33.9. The van der Waals surface area contributed by atoms with Gasteiger partial charge in [0.2, 0.25) is 29.5 Å². The van der Waals surface area contributed by atoms with Crippen molar-refractivity contribution in [3.05, 3.63) is 29.8 Å². The van der Waals surface area contributed by atoms with Crippen molar-refractivity contribution in [3.8, 4) is 5.75 Å². The van der Waals surface area contributed by atoms with Gasteiger partial charge in [-0.05, 0) is 87.9 Å². The second-order valence-electron chi connectivity index (χ2n) is 15.6. The van der Waals surface area contributed by atoms with Crippen LogP contribution < -0.4 is 27.0 Å². The Balaban J connectivity index is 1.89. The molecule has 0 spiro atoms. The number of alkyl halides is 1. The molecule has 0 radical (unpaired) electrons. The molecule has 2 rings (SSSR count). The second kappa shape index (κ2) is 26.2. The number of aryl methyl sites for hydroxylation is 1. The van der Waals surface area contributed by atoms with Gasteiger partial charge in [0.25, 0.3) is 0 Å². The average Bonchev–Trinajstić information content (AvgIpc) is 3.66. The summed E-state index contributed by atoms with van der Waals surface area (Å²) < 4.78 is 14.6. The third kappa shape index (κ3) is 18.0. The van der Waals surface area contributed by atoms with E-state index in [0.717, 1.165) is 36.7 Å². The zero-order valence-electron chi connectivity index (χ0n) is 33.9. The maximum Gasteiger partial charge on any atom is 0.248 e. The summed E-state index contributed by atoms with van der Waals surface area (Å²) in [5.41, 5.74) is 6.13. The summed E-state index contributed by atoms with van der Waals surface area (Å²) >= 11 is 0. The third-order valence-electron chi connectivity index (χ3n) is 10.6. The van der Waals surface area contributed by atoms with Crippen molar-refractivity contribution in [2.75, 3.05) is 19.6 Å². The summed E-state index contributed by atoms with van der Waals surface area (Å²) in [6, 6.07) is 2.51. The molecule has 5 amide bonds. The lowest BCUT2D eigenvalue weighted by molar-refractivity contribution is -0.144. The van der Waals surface area contributed by atoms with Gasteiger partial charge in [-0.2, -0.15) is 0 Å². The van der Waals surface area contributed by atoms with Gasteiger partial charge >= 0.3 is 0 Å². The highest BCUT2D eigenvalue weighted by Gasteiger charge is 2.40. The van der Waals surface area contributed by atoms with Crippen molar-refractivity contribution in [1.29, 1.82) is 0 Å². The summed E-state index contributed by atoms with van der Waals surface area (Å²) in [6.07, 6.45) is 6.07. The van der Waals surface area contributed by atoms with Crippen molar-refractivity contribution >= 4 is 29.5 Å². The Morgan fingerprint density at radius 3 is 2.18 bits per heavy atom. The minimum atomic E-state index is -2.14. The minimum Gasteiger partial charge on any atom is -0.508 e. The van der Waals surface area contributed by atoms with Crippen molar-refractivity contribution < 1.29 is 43.7 Å².